The highest BCUT2D eigenvalue weighted by molar-refractivity contribution is 6.34. The number of para-hydroxylation sites is 1. The Morgan fingerprint density at radius 1 is 1.32 bits per heavy atom. The summed E-state index contributed by atoms with van der Waals surface area (Å²) in [6, 6.07) is 5.96. The van der Waals surface area contributed by atoms with Crippen LogP contribution in [-0.2, 0) is 12.0 Å². The third kappa shape index (κ3) is 2.75. The molecular formula is C15H20Cl2N2. The van der Waals surface area contributed by atoms with E-state index in [0.29, 0.717) is 10.9 Å². The van der Waals surface area contributed by atoms with Gasteiger partial charge in [-0.3, -0.25) is 0 Å². The molecule has 0 saturated heterocycles. The summed E-state index contributed by atoms with van der Waals surface area (Å²) in [5.74, 6) is 1.60. The highest BCUT2D eigenvalue weighted by atomic mass is 35.5. The van der Waals surface area contributed by atoms with Crippen LogP contribution >= 0.6 is 23.2 Å². The van der Waals surface area contributed by atoms with Gasteiger partial charge in [0.1, 0.15) is 11.3 Å². The van der Waals surface area contributed by atoms with Crippen molar-refractivity contribution in [1.82, 2.24) is 9.55 Å². The summed E-state index contributed by atoms with van der Waals surface area (Å²) in [7, 11) is 0. The molecule has 0 aliphatic heterocycles. The van der Waals surface area contributed by atoms with Crippen LogP contribution in [0.2, 0.25) is 5.02 Å². The number of nitrogens with zero attached hydrogens (tertiary/aromatic N) is 2. The standard InChI is InChI=1S/C15H20Cl2N2/c1-4-9-15(2,3)19-12-7-5-6-11(17)14(12)18-13(19)8-10-16/h5-7H,4,8-10H2,1-3H3. The Kier molecular flexibility index (Phi) is 4.42. The zero-order chi connectivity index (χ0) is 14.0. The molecule has 0 saturated carbocycles. The summed E-state index contributed by atoms with van der Waals surface area (Å²) in [6.07, 6.45) is 2.99. The van der Waals surface area contributed by atoms with E-state index in [2.05, 4.69) is 31.4 Å². The Morgan fingerprint density at radius 2 is 2.05 bits per heavy atom. The number of alkyl halides is 1. The van der Waals surface area contributed by atoms with Crippen molar-refractivity contribution in [3.63, 3.8) is 0 Å². The molecule has 1 aromatic heterocycles. The van der Waals surface area contributed by atoms with Gasteiger partial charge in [-0.25, -0.2) is 4.98 Å². The molecule has 1 heterocycles. The summed E-state index contributed by atoms with van der Waals surface area (Å²) in [5.41, 5.74) is 2.01. The number of imidazole rings is 1. The van der Waals surface area contributed by atoms with Crippen molar-refractivity contribution in [3.05, 3.63) is 29.0 Å². The first-order valence-corrected chi connectivity index (χ1v) is 7.64. The fraction of sp³-hybridized carbons (Fsp3) is 0.533. The molecule has 0 radical (unpaired) electrons. The van der Waals surface area contributed by atoms with Gasteiger partial charge in [-0.05, 0) is 32.4 Å². The first-order chi connectivity index (χ1) is 9.01. The quantitative estimate of drug-likeness (QED) is 0.710. The lowest BCUT2D eigenvalue weighted by Crippen LogP contribution is -2.28. The maximum absolute atomic E-state index is 6.26. The van der Waals surface area contributed by atoms with Crippen molar-refractivity contribution in [1.29, 1.82) is 0 Å². The molecule has 0 bridgehead atoms. The molecule has 0 fully saturated rings. The van der Waals surface area contributed by atoms with Crippen LogP contribution in [0.15, 0.2) is 18.2 Å². The lowest BCUT2D eigenvalue weighted by molar-refractivity contribution is 0.324. The number of hydrogen-bond acceptors (Lipinski definition) is 1. The summed E-state index contributed by atoms with van der Waals surface area (Å²) in [4.78, 5) is 4.70. The molecule has 0 amide bonds. The zero-order valence-electron chi connectivity index (χ0n) is 11.7. The molecule has 0 atom stereocenters. The number of aryl methyl sites for hydroxylation is 1. The van der Waals surface area contributed by atoms with Gasteiger partial charge in [0.15, 0.2) is 0 Å². The molecule has 0 aliphatic carbocycles. The maximum atomic E-state index is 6.26. The predicted octanol–water partition coefficient (Wildman–Crippen LogP) is 5.01. The van der Waals surface area contributed by atoms with Crippen molar-refractivity contribution < 1.29 is 0 Å². The molecule has 2 aromatic rings. The van der Waals surface area contributed by atoms with Crippen LogP contribution in [0.1, 0.15) is 39.4 Å². The first kappa shape index (κ1) is 14.7. The van der Waals surface area contributed by atoms with E-state index in [1.54, 1.807) is 0 Å². The van der Waals surface area contributed by atoms with E-state index >= 15 is 0 Å². The summed E-state index contributed by atoms with van der Waals surface area (Å²) >= 11 is 12.2. The van der Waals surface area contributed by atoms with E-state index in [1.807, 2.05) is 12.1 Å². The van der Waals surface area contributed by atoms with E-state index in [0.717, 1.165) is 36.1 Å². The van der Waals surface area contributed by atoms with Gasteiger partial charge in [0, 0.05) is 17.8 Å². The summed E-state index contributed by atoms with van der Waals surface area (Å²) in [5, 5.41) is 0.708. The molecule has 2 rings (SSSR count). The van der Waals surface area contributed by atoms with Crippen molar-refractivity contribution in [3.8, 4) is 0 Å². The van der Waals surface area contributed by atoms with Gasteiger partial charge in [0.2, 0.25) is 0 Å². The Hall–Kier alpha value is -0.730. The largest absolute Gasteiger partial charge is 0.322 e. The Bertz CT molecular complexity index is 573. The second kappa shape index (κ2) is 5.72. The highest BCUT2D eigenvalue weighted by Crippen LogP contribution is 2.32. The monoisotopic (exact) mass is 298 g/mol. The fourth-order valence-electron chi connectivity index (χ4n) is 2.76. The van der Waals surface area contributed by atoms with Gasteiger partial charge in [-0.1, -0.05) is 31.0 Å². The van der Waals surface area contributed by atoms with Crippen molar-refractivity contribution in [2.75, 3.05) is 5.88 Å². The number of benzene rings is 1. The topological polar surface area (TPSA) is 17.8 Å². The molecule has 0 unspecified atom stereocenters. The molecule has 0 aliphatic rings. The first-order valence-electron chi connectivity index (χ1n) is 6.73. The molecule has 4 heteroatoms. The molecular weight excluding hydrogens is 279 g/mol. The van der Waals surface area contributed by atoms with E-state index in [-0.39, 0.29) is 5.54 Å². The molecule has 19 heavy (non-hydrogen) atoms. The smallest absolute Gasteiger partial charge is 0.111 e. The zero-order valence-corrected chi connectivity index (χ0v) is 13.2. The van der Waals surface area contributed by atoms with Crippen LogP contribution in [-0.4, -0.2) is 15.4 Å². The lowest BCUT2D eigenvalue weighted by atomic mass is 9.98. The molecule has 1 aromatic carbocycles. The third-order valence-electron chi connectivity index (χ3n) is 3.49. The Labute approximate surface area is 124 Å². The van der Waals surface area contributed by atoms with E-state index in [4.69, 9.17) is 28.2 Å². The third-order valence-corrected chi connectivity index (χ3v) is 3.98. The number of aromatic nitrogens is 2. The normalized spacial score (nSPS) is 12.3. The van der Waals surface area contributed by atoms with Crippen LogP contribution < -0.4 is 0 Å². The van der Waals surface area contributed by atoms with Gasteiger partial charge in [0.25, 0.3) is 0 Å². The van der Waals surface area contributed by atoms with Crippen LogP contribution in [0.3, 0.4) is 0 Å². The van der Waals surface area contributed by atoms with Crippen LogP contribution in [0.4, 0.5) is 0 Å². The van der Waals surface area contributed by atoms with Gasteiger partial charge < -0.3 is 4.57 Å². The van der Waals surface area contributed by atoms with Gasteiger partial charge >= 0.3 is 0 Å². The van der Waals surface area contributed by atoms with E-state index in [1.165, 1.54) is 0 Å². The van der Waals surface area contributed by atoms with Crippen LogP contribution in [0.5, 0.6) is 0 Å². The Balaban J connectivity index is 2.68. The molecule has 104 valence electrons. The van der Waals surface area contributed by atoms with Gasteiger partial charge in [-0.2, -0.15) is 0 Å². The number of halogens is 2. The summed E-state index contributed by atoms with van der Waals surface area (Å²) in [6.45, 7) is 6.70. The summed E-state index contributed by atoms with van der Waals surface area (Å²) < 4.78 is 2.31. The van der Waals surface area contributed by atoms with Crippen LogP contribution in [0, 0.1) is 0 Å². The predicted molar refractivity (Wildman–Crippen MR) is 83.4 cm³/mol. The Morgan fingerprint density at radius 3 is 2.68 bits per heavy atom. The average molecular weight is 299 g/mol. The molecule has 0 spiro atoms. The second-order valence-corrected chi connectivity index (χ2v) is 6.26. The minimum atomic E-state index is 0.0234. The number of rotatable bonds is 5. The van der Waals surface area contributed by atoms with Gasteiger partial charge in [-0.15, -0.1) is 11.6 Å². The molecule has 0 N–H and O–H groups in total. The van der Waals surface area contributed by atoms with E-state index in [9.17, 15) is 0 Å². The second-order valence-electron chi connectivity index (χ2n) is 5.47. The average Bonchev–Trinajstić information content (AvgIpc) is 2.70. The number of hydrogen-bond donors (Lipinski definition) is 0. The lowest BCUT2D eigenvalue weighted by Gasteiger charge is -2.29. The van der Waals surface area contributed by atoms with Crippen molar-refractivity contribution >= 4 is 34.2 Å². The number of fused-ring (bicyclic) bond motifs is 1. The minimum Gasteiger partial charge on any atom is -0.322 e. The van der Waals surface area contributed by atoms with Crippen molar-refractivity contribution in [2.45, 2.75) is 45.6 Å². The van der Waals surface area contributed by atoms with Gasteiger partial charge in [0.05, 0.1) is 10.5 Å². The van der Waals surface area contributed by atoms with Crippen molar-refractivity contribution in [2.24, 2.45) is 0 Å². The van der Waals surface area contributed by atoms with E-state index < -0.39 is 0 Å². The minimum absolute atomic E-state index is 0.0234. The highest BCUT2D eigenvalue weighted by Gasteiger charge is 2.25. The SMILES string of the molecule is CCCC(C)(C)n1c(CCCl)nc2c(Cl)cccc21. The van der Waals surface area contributed by atoms with Crippen LogP contribution in [0.25, 0.3) is 11.0 Å². The fourth-order valence-corrected chi connectivity index (χ4v) is 3.15. The maximum Gasteiger partial charge on any atom is 0.111 e. The molecule has 2 nitrogen and oxygen atoms in total.